The molecule has 1 amide bonds. The molecular formula is C19H16ClN3OS. The van der Waals surface area contributed by atoms with Crippen LogP contribution in [0.2, 0.25) is 5.02 Å². The van der Waals surface area contributed by atoms with Crippen LogP contribution in [0.3, 0.4) is 0 Å². The Labute approximate surface area is 155 Å². The average Bonchev–Trinajstić information content (AvgIpc) is 3.20. The third-order valence-electron chi connectivity index (χ3n) is 4.22. The second-order valence-corrected chi connectivity index (χ2v) is 7.42. The minimum absolute atomic E-state index is 0.0164. The van der Waals surface area contributed by atoms with Crippen LogP contribution >= 0.6 is 22.9 Å². The summed E-state index contributed by atoms with van der Waals surface area (Å²) in [7, 11) is 0. The number of nitrogens with zero attached hydrogens (tertiary/aromatic N) is 2. The lowest BCUT2D eigenvalue weighted by Gasteiger charge is -2.26. The van der Waals surface area contributed by atoms with Gasteiger partial charge in [0.2, 0.25) is 0 Å². The number of amides is 1. The predicted molar refractivity (Wildman–Crippen MR) is 101 cm³/mol. The van der Waals surface area contributed by atoms with Crippen LogP contribution in [0, 0.1) is 6.92 Å². The maximum absolute atomic E-state index is 12.9. The van der Waals surface area contributed by atoms with Crippen LogP contribution in [0.15, 0.2) is 54.0 Å². The standard InChI is InChI=1S/C19H16ClN3OS/c1-12-6-7-16(15(20)10-12)22-18-17-14(5-2-8-21-17)19(24)23(18)11-13-4-3-9-25-13/h2-10,18,22H,11H2,1H3. The number of carbonyl (C=O) groups is 1. The molecule has 1 unspecified atom stereocenters. The lowest BCUT2D eigenvalue weighted by atomic mass is 10.2. The molecule has 6 heteroatoms. The van der Waals surface area contributed by atoms with Crippen LogP contribution in [0.25, 0.3) is 0 Å². The molecule has 0 aliphatic carbocycles. The van der Waals surface area contributed by atoms with Crippen molar-refractivity contribution in [3.05, 3.63) is 80.8 Å². The largest absolute Gasteiger partial charge is 0.359 e. The molecule has 0 bridgehead atoms. The third-order valence-corrected chi connectivity index (χ3v) is 5.40. The van der Waals surface area contributed by atoms with Crippen LogP contribution in [0.5, 0.6) is 0 Å². The molecule has 1 atom stereocenters. The summed E-state index contributed by atoms with van der Waals surface area (Å²) in [6, 6.07) is 13.5. The molecule has 25 heavy (non-hydrogen) atoms. The number of hydrogen-bond donors (Lipinski definition) is 1. The number of benzene rings is 1. The van der Waals surface area contributed by atoms with Gasteiger partial charge >= 0.3 is 0 Å². The highest BCUT2D eigenvalue weighted by Gasteiger charge is 2.38. The number of carbonyl (C=O) groups excluding carboxylic acids is 1. The zero-order valence-corrected chi connectivity index (χ0v) is 15.1. The fourth-order valence-corrected chi connectivity index (χ4v) is 3.99. The summed E-state index contributed by atoms with van der Waals surface area (Å²) in [5, 5.41) is 6.05. The Morgan fingerprint density at radius 2 is 2.16 bits per heavy atom. The van der Waals surface area contributed by atoms with E-state index < -0.39 is 0 Å². The molecular weight excluding hydrogens is 354 g/mol. The summed E-state index contributed by atoms with van der Waals surface area (Å²) in [6.07, 6.45) is 1.37. The average molecular weight is 370 g/mol. The summed E-state index contributed by atoms with van der Waals surface area (Å²) in [5.41, 5.74) is 3.26. The van der Waals surface area contributed by atoms with Crippen molar-refractivity contribution < 1.29 is 4.79 Å². The zero-order chi connectivity index (χ0) is 17.4. The number of hydrogen-bond acceptors (Lipinski definition) is 4. The fraction of sp³-hybridized carbons (Fsp3) is 0.158. The van der Waals surface area contributed by atoms with E-state index in [0.29, 0.717) is 17.1 Å². The van der Waals surface area contributed by atoms with E-state index in [9.17, 15) is 4.79 Å². The van der Waals surface area contributed by atoms with E-state index in [4.69, 9.17) is 11.6 Å². The summed E-state index contributed by atoms with van der Waals surface area (Å²) in [4.78, 5) is 20.3. The van der Waals surface area contributed by atoms with E-state index >= 15 is 0 Å². The summed E-state index contributed by atoms with van der Waals surface area (Å²) in [6.45, 7) is 2.53. The van der Waals surface area contributed by atoms with E-state index in [1.54, 1.807) is 28.5 Å². The van der Waals surface area contributed by atoms with Crippen molar-refractivity contribution in [2.45, 2.75) is 19.6 Å². The molecule has 2 aromatic heterocycles. The van der Waals surface area contributed by atoms with Crippen molar-refractivity contribution in [2.75, 3.05) is 5.32 Å². The van der Waals surface area contributed by atoms with E-state index in [-0.39, 0.29) is 12.1 Å². The second-order valence-electron chi connectivity index (χ2n) is 5.98. The van der Waals surface area contributed by atoms with Crippen LogP contribution in [0.1, 0.15) is 32.7 Å². The van der Waals surface area contributed by atoms with Crippen molar-refractivity contribution in [2.24, 2.45) is 0 Å². The molecule has 1 aliphatic rings. The summed E-state index contributed by atoms with van der Waals surface area (Å²) < 4.78 is 0. The Balaban J connectivity index is 1.71. The lowest BCUT2D eigenvalue weighted by molar-refractivity contribution is 0.0729. The van der Waals surface area contributed by atoms with Crippen molar-refractivity contribution >= 4 is 34.5 Å². The lowest BCUT2D eigenvalue weighted by Crippen LogP contribution is -2.31. The smallest absolute Gasteiger partial charge is 0.258 e. The molecule has 1 aliphatic heterocycles. The van der Waals surface area contributed by atoms with Crippen molar-refractivity contribution in [1.82, 2.24) is 9.88 Å². The highest BCUT2D eigenvalue weighted by molar-refractivity contribution is 7.09. The number of fused-ring (bicyclic) bond motifs is 1. The molecule has 1 aromatic carbocycles. The summed E-state index contributed by atoms with van der Waals surface area (Å²) in [5.74, 6) is -0.0164. The highest BCUT2D eigenvalue weighted by Crippen LogP contribution is 2.36. The Bertz CT molecular complexity index is 926. The van der Waals surface area contributed by atoms with E-state index in [1.807, 2.05) is 48.7 Å². The third kappa shape index (κ3) is 3.01. The zero-order valence-electron chi connectivity index (χ0n) is 13.6. The maximum Gasteiger partial charge on any atom is 0.258 e. The molecule has 4 nitrogen and oxygen atoms in total. The highest BCUT2D eigenvalue weighted by atomic mass is 35.5. The fourth-order valence-electron chi connectivity index (χ4n) is 3.00. The first kappa shape index (κ1) is 16.1. The van der Waals surface area contributed by atoms with E-state index in [0.717, 1.165) is 21.8 Å². The number of halogens is 1. The van der Waals surface area contributed by atoms with Crippen molar-refractivity contribution in [3.8, 4) is 0 Å². The van der Waals surface area contributed by atoms with Crippen LogP contribution in [0.4, 0.5) is 5.69 Å². The van der Waals surface area contributed by atoms with Gasteiger partial charge < -0.3 is 10.2 Å². The Morgan fingerprint density at radius 3 is 2.92 bits per heavy atom. The van der Waals surface area contributed by atoms with Gasteiger partial charge in [0.05, 0.1) is 28.5 Å². The van der Waals surface area contributed by atoms with Crippen LogP contribution in [-0.2, 0) is 6.54 Å². The minimum Gasteiger partial charge on any atom is -0.359 e. The SMILES string of the molecule is Cc1ccc(NC2c3ncccc3C(=O)N2Cc2cccs2)c(Cl)c1. The number of aromatic nitrogens is 1. The van der Waals surface area contributed by atoms with Gasteiger partial charge in [-0.3, -0.25) is 9.78 Å². The van der Waals surface area contributed by atoms with Gasteiger partial charge in [0.15, 0.2) is 0 Å². The molecule has 3 heterocycles. The van der Waals surface area contributed by atoms with Gasteiger partial charge in [-0.2, -0.15) is 0 Å². The Kier molecular flexibility index (Phi) is 4.19. The van der Waals surface area contributed by atoms with Gasteiger partial charge in [0.25, 0.3) is 5.91 Å². The first-order valence-corrected chi connectivity index (χ1v) is 9.20. The molecule has 0 spiro atoms. The Hall–Kier alpha value is -2.37. The number of thiophene rings is 1. The monoisotopic (exact) mass is 369 g/mol. The van der Waals surface area contributed by atoms with Crippen molar-refractivity contribution in [1.29, 1.82) is 0 Å². The maximum atomic E-state index is 12.9. The van der Waals surface area contributed by atoms with Crippen LogP contribution in [-0.4, -0.2) is 15.8 Å². The molecule has 0 saturated carbocycles. The minimum atomic E-state index is -0.342. The van der Waals surface area contributed by atoms with Gasteiger partial charge in [-0.25, -0.2) is 0 Å². The quantitative estimate of drug-likeness (QED) is 0.713. The topological polar surface area (TPSA) is 45.2 Å². The van der Waals surface area contributed by atoms with Gasteiger partial charge in [0.1, 0.15) is 6.17 Å². The van der Waals surface area contributed by atoms with E-state index in [2.05, 4.69) is 10.3 Å². The van der Waals surface area contributed by atoms with Crippen LogP contribution < -0.4 is 5.32 Å². The van der Waals surface area contributed by atoms with Gasteiger partial charge in [-0.05, 0) is 48.2 Å². The first-order valence-electron chi connectivity index (χ1n) is 7.94. The molecule has 1 N–H and O–H groups in total. The summed E-state index contributed by atoms with van der Waals surface area (Å²) >= 11 is 8.01. The number of nitrogens with one attached hydrogen (secondary N) is 1. The predicted octanol–water partition coefficient (Wildman–Crippen LogP) is 4.87. The molecule has 3 aromatic rings. The first-order chi connectivity index (χ1) is 12.1. The molecule has 126 valence electrons. The number of rotatable bonds is 4. The second kappa shape index (κ2) is 6.50. The number of aryl methyl sites for hydroxylation is 1. The van der Waals surface area contributed by atoms with Gasteiger partial charge in [0, 0.05) is 11.1 Å². The van der Waals surface area contributed by atoms with E-state index in [1.165, 1.54) is 0 Å². The van der Waals surface area contributed by atoms with Crippen molar-refractivity contribution in [3.63, 3.8) is 0 Å². The molecule has 0 saturated heterocycles. The van der Waals surface area contributed by atoms with Gasteiger partial charge in [-0.15, -0.1) is 11.3 Å². The molecule has 0 radical (unpaired) electrons. The Morgan fingerprint density at radius 1 is 1.28 bits per heavy atom. The number of pyridine rings is 1. The molecule has 4 rings (SSSR count). The van der Waals surface area contributed by atoms with Gasteiger partial charge in [-0.1, -0.05) is 23.7 Å². The normalized spacial score (nSPS) is 16.2. The number of anilines is 1. The molecule has 0 fully saturated rings.